The van der Waals surface area contributed by atoms with Gasteiger partial charge in [0.15, 0.2) is 9.84 Å². The Labute approximate surface area is 203 Å². The van der Waals surface area contributed by atoms with Crippen LogP contribution in [0.3, 0.4) is 0 Å². The maximum atomic E-state index is 13.0. The molecule has 0 unspecified atom stereocenters. The molecule has 2 atom stereocenters. The van der Waals surface area contributed by atoms with E-state index in [0.717, 1.165) is 16.7 Å². The highest BCUT2D eigenvalue weighted by atomic mass is 32.2. The Bertz CT molecular complexity index is 1180. The molecule has 3 aromatic carbocycles. The Hall–Kier alpha value is -2.67. The van der Waals surface area contributed by atoms with Gasteiger partial charge in [-0.2, -0.15) is 0 Å². The fraction of sp³-hybridized carbons (Fsp3) is 0.357. The number of fused-ring (bicyclic) bond motifs is 1. The molecule has 0 saturated carbocycles. The van der Waals surface area contributed by atoms with E-state index in [-0.39, 0.29) is 12.4 Å². The van der Waals surface area contributed by atoms with Crippen molar-refractivity contribution in [3.05, 3.63) is 95.1 Å². The highest BCUT2D eigenvalue weighted by Crippen LogP contribution is 2.44. The predicted molar refractivity (Wildman–Crippen MR) is 135 cm³/mol. The van der Waals surface area contributed by atoms with E-state index < -0.39 is 27.3 Å². The Morgan fingerprint density at radius 2 is 1.50 bits per heavy atom. The summed E-state index contributed by atoms with van der Waals surface area (Å²) in [5, 5.41) is 20.4. The monoisotopic (exact) mass is 482 g/mol. The van der Waals surface area contributed by atoms with Gasteiger partial charge in [0, 0.05) is 11.3 Å². The molecule has 0 fully saturated rings. The summed E-state index contributed by atoms with van der Waals surface area (Å²) in [5.41, 5.74) is 2.51. The summed E-state index contributed by atoms with van der Waals surface area (Å²) in [6.45, 7) is 8.00. The second-order valence-corrected chi connectivity index (χ2v) is 11.0. The van der Waals surface area contributed by atoms with Gasteiger partial charge in [-0.25, -0.2) is 8.42 Å². The zero-order valence-electron chi connectivity index (χ0n) is 20.2. The van der Waals surface area contributed by atoms with E-state index >= 15 is 0 Å². The van der Waals surface area contributed by atoms with Crippen molar-refractivity contribution in [1.82, 2.24) is 0 Å². The van der Waals surface area contributed by atoms with Crippen LogP contribution in [0.15, 0.2) is 77.7 Å². The average molecular weight is 483 g/mol. The first kappa shape index (κ1) is 25.9. The normalized spacial score (nSPS) is 20.3. The molecule has 34 heavy (non-hydrogen) atoms. The highest BCUT2D eigenvalue weighted by Gasteiger charge is 2.44. The first-order chi connectivity index (χ1) is 16.2. The summed E-state index contributed by atoms with van der Waals surface area (Å²) in [5.74, 6) is 0.118. The molecule has 0 aromatic heterocycles. The summed E-state index contributed by atoms with van der Waals surface area (Å²) in [6.07, 6.45) is -0.863. The molecule has 0 radical (unpaired) electrons. The van der Waals surface area contributed by atoms with E-state index in [9.17, 15) is 13.5 Å². The first-order valence-corrected chi connectivity index (χ1v) is 13.3. The van der Waals surface area contributed by atoms with Gasteiger partial charge in [0.05, 0.1) is 23.4 Å². The van der Waals surface area contributed by atoms with Gasteiger partial charge in [-0.05, 0) is 40.5 Å². The van der Waals surface area contributed by atoms with Crippen LogP contribution in [0.4, 0.5) is 0 Å². The van der Waals surface area contributed by atoms with Crippen molar-refractivity contribution in [2.75, 3.05) is 5.75 Å². The second kappa shape index (κ2) is 10.7. The molecule has 3 aromatic rings. The second-order valence-electron chi connectivity index (χ2n) is 9.04. The third kappa shape index (κ3) is 5.52. The number of hydrogen-bond acceptors (Lipinski definition) is 5. The molecule has 0 aliphatic carbocycles. The third-order valence-corrected chi connectivity index (χ3v) is 8.28. The minimum atomic E-state index is -3.51. The Morgan fingerprint density at radius 1 is 0.912 bits per heavy atom. The first-order valence-electron chi connectivity index (χ1n) is 11.6. The summed E-state index contributed by atoms with van der Waals surface area (Å²) >= 11 is 0. The van der Waals surface area contributed by atoms with Gasteiger partial charge >= 0.3 is 0 Å². The molecule has 1 aliphatic heterocycles. The third-order valence-electron chi connectivity index (χ3n) is 6.12. The Balaban J connectivity index is 0.00000158. The predicted octanol–water partition coefficient (Wildman–Crippen LogP) is 5.09. The van der Waals surface area contributed by atoms with Crippen molar-refractivity contribution in [2.45, 2.75) is 57.8 Å². The molecule has 5 nitrogen and oxygen atoms in total. The molecular formula is C28H34O5S. The Morgan fingerprint density at radius 3 is 2.12 bits per heavy atom. The van der Waals surface area contributed by atoms with Gasteiger partial charge in [0.2, 0.25) is 0 Å². The smallest absolute Gasteiger partial charge is 0.179 e. The highest BCUT2D eigenvalue weighted by molar-refractivity contribution is 7.91. The van der Waals surface area contributed by atoms with Gasteiger partial charge in [-0.15, -0.1) is 0 Å². The van der Waals surface area contributed by atoms with Crippen LogP contribution in [-0.2, 0) is 23.1 Å². The van der Waals surface area contributed by atoms with Crippen molar-refractivity contribution in [1.29, 1.82) is 0 Å². The van der Waals surface area contributed by atoms with Crippen LogP contribution in [0.25, 0.3) is 0 Å². The number of rotatable bonds is 5. The van der Waals surface area contributed by atoms with Crippen LogP contribution in [0.2, 0.25) is 0 Å². The van der Waals surface area contributed by atoms with E-state index in [0.29, 0.717) is 22.8 Å². The maximum absolute atomic E-state index is 13.0. The van der Waals surface area contributed by atoms with Crippen molar-refractivity contribution >= 4 is 9.84 Å². The number of hydrogen-bond donors (Lipinski definition) is 2. The molecule has 0 saturated heterocycles. The minimum absolute atomic E-state index is 0.0108. The van der Waals surface area contributed by atoms with Gasteiger partial charge < -0.3 is 14.9 Å². The van der Waals surface area contributed by atoms with Crippen LogP contribution in [-0.4, -0.2) is 30.5 Å². The van der Waals surface area contributed by atoms with Crippen LogP contribution >= 0.6 is 0 Å². The molecule has 4 rings (SSSR count). The molecule has 0 bridgehead atoms. The largest absolute Gasteiger partial charge is 0.489 e. The van der Waals surface area contributed by atoms with E-state index in [4.69, 9.17) is 9.84 Å². The lowest BCUT2D eigenvalue weighted by Crippen LogP contribution is -2.37. The lowest BCUT2D eigenvalue weighted by molar-refractivity contribution is 0.0521. The van der Waals surface area contributed by atoms with E-state index in [1.807, 2.05) is 68.4 Å². The molecule has 2 N–H and O–H groups in total. The summed E-state index contributed by atoms with van der Waals surface area (Å²) < 4.78 is 31.9. The molecule has 1 aliphatic rings. The lowest BCUT2D eigenvalue weighted by atomic mass is 9.75. The standard InChI is InChI=1S/C26H28O5S.C2H6/c1-26(2)17-32(29,30)23-6-4-3-5-22(23)24(25(26)28)20-11-13-21(14-12-20)31-16-19-9-7-18(15-27)8-10-19;1-2/h3-14,24-25,27-28H,15-17H2,1-2H3;1-2H3/t24-,25-;/m0./s1. The number of sulfone groups is 1. The number of aliphatic hydroxyl groups is 2. The molecular weight excluding hydrogens is 448 g/mol. The van der Waals surface area contributed by atoms with Gasteiger partial charge in [0.1, 0.15) is 12.4 Å². The van der Waals surface area contributed by atoms with Crippen LogP contribution in [0, 0.1) is 5.41 Å². The number of aliphatic hydroxyl groups excluding tert-OH is 2. The van der Waals surface area contributed by atoms with Crippen LogP contribution < -0.4 is 4.74 Å². The molecule has 182 valence electrons. The van der Waals surface area contributed by atoms with Gasteiger partial charge in [0.25, 0.3) is 0 Å². The van der Waals surface area contributed by atoms with E-state index in [1.54, 1.807) is 32.0 Å². The lowest BCUT2D eigenvalue weighted by Gasteiger charge is -2.33. The summed E-state index contributed by atoms with van der Waals surface area (Å²) in [7, 11) is -3.51. The average Bonchev–Trinajstić information content (AvgIpc) is 2.90. The molecule has 0 spiro atoms. The topological polar surface area (TPSA) is 83.8 Å². The zero-order valence-corrected chi connectivity index (χ0v) is 21.0. The summed E-state index contributed by atoms with van der Waals surface area (Å²) in [6, 6.07) is 22.0. The SMILES string of the molecule is CC.CC1(C)CS(=O)(=O)c2ccccc2[C@H](c2ccc(OCc3ccc(CO)cc3)cc2)[C@@H]1O. The van der Waals surface area contributed by atoms with Gasteiger partial charge in [-0.1, -0.05) is 82.3 Å². The zero-order chi connectivity index (χ0) is 24.9. The maximum Gasteiger partial charge on any atom is 0.179 e. The molecule has 0 amide bonds. The van der Waals surface area contributed by atoms with Gasteiger partial charge in [-0.3, -0.25) is 0 Å². The van der Waals surface area contributed by atoms with E-state index in [1.165, 1.54) is 0 Å². The van der Waals surface area contributed by atoms with Crippen LogP contribution in [0.1, 0.15) is 55.9 Å². The minimum Gasteiger partial charge on any atom is -0.489 e. The summed E-state index contributed by atoms with van der Waals surface area (Å²) in [4.78, 5) is 0.293. The van der Waals surface area contributed by atoms with Crippen LogP contribution in [0.5, 0.6) is 5.75 Å². The fourth-order valence-electron chi connectivity index (χ4n) is 4.34. The van der Waals surface area contributed by atoms with Crippen molar-refractivity contribution in [3.63, 3.8) is 0 Å². The quantitative estimate of drug-likeness (QED) is 0.529. The fourth-order valence-corrected chi connectivity index (χ4v) is 6.48. The Kier molecular flexibility index (Phi) is 8.18. The van der Waals surface area contributed by atoms with Crippen molar-refractivity contribution in [2.24, 2.45) is 5.41 Å². The molecule has 1 heterocycles. The van der Waals surface area contributed by atoms with Crippen molar-refractivity contribution < 1.29 is 23.4 Å². The number of ether oxygens (including phenoxy) is 1. The van der Waals surface area contributed by atoms with E-state index in [2.05, 4.69) is 0 Å². The molecule has 6 heteroatoms. The number of benzene rings is 3. The van der Waals surface area contributed by atoms with Crippen molar-refractivity contribution in [3.8, 4) is 5.75 Å².